The van der Waals surface area contributed by atoms with E-state index in [4.69, 9.17) is 4.74 Å². The first-order valence-electron chi connectivity index (χ1n) is 6.28. The molecule has 7 heteroatoms. The predicted octanol–water partition coefficient (Wildman–Crippen LogP) is 2.23. The third-order valence-electron chi connectivity index (χ3n) is 2.65. The van der Waals surface area contributed by atoms with Crippen LogP contribution in [0.1, 0.15) is 12.5 Å². The van der Waals surface area contributed by atoms with Gasteiger partial charge in [0.2, 0.25) is 0 Å². The van der Waals surface area contributed by atoms with E-state index in [1.54, 1.807) is 19.2 Å². The van der Waals surface area contributed by atoms with Gasteiger partial charge in [-0.25, -0.2) is 4.79 Å². The number of methoxy groups -OCH3 is 2. The first-order chi connectivity index (χ1) is 9.97. The molecule has 0 bridgehead atoms. The average molecular weight is 294 g/mol. The van der Waals surface area contributed by atoms with Crippen LogP contribution in [0.4, 0.5) is 11.4 Å². The second kappa shape index (κ2) is 8.01. The number of nitrogens with one attached hydrogen (secondary N) is 1. The Kier molecular flexibility index (Phi) is 6.35. The molecule has 0 aromatic heterocycles. The molecule has 1 unspecified atom stereocenters. The minimum absolute atomic E-state index is 0.0647. The molecule has 0 amide bonds. The molecule has 0 spiro atoms. The van der Waals surface area contributed by atoms with E-state index in [1.165, 1.54) is 25.3 Å². The Labute approximate surface area is 122 Å². The first-order valence-corrected chi connectivity index (χ1v) is 6.28. The molecule has 1 atom stereocenters. The number of nitro benzene ring substituents is 1. The number of hydrogen-bond donors (Lipinski definition) is 1. The summed E-state index contributed by atoms with van der Waals surface area (Å²) in [4.78, 5) is 21.7. The SMILES string of the molecule is COCC(C)Nc1ccc(/C=C\C(=O)OC)cc1[N+](=O)[O-]. The van der Waals surface area contributed by atoms with Crippen LogP contribution in [0.15, 0.2) is 24.3 Å². The largest absolute Gasteiger partial charge is 0.466 e. The number of anilines is 1. The van der Waals surface area contributed by atoms with E-state index < -0.39 is 10.9 Å². The van der Waals surface area contributed by atoms with Gasteiger partial charge < -0.3 is 14.8 Å². The number of carbonyl (C=O) groups excluding carboxylic acids is 1. The van der Waals surface area contributed by atoms with Crippen molar-refractivity contribution in [2.24, 2.45) is 0 Å². The van der Waals surface area contributed by atoms with Crippen molar-refractivity contribution >= 4 is 23.4 Å². The summed E-state index contributed by atoms with van der Waals surface area (Å²) in [5, 5.41) is 14.1. The van der Waals surface area contributed by atoms with E-state index in [1.807, 2.05) is 6.92 Å². The van der Waals surface area contributed by atoms with Gasteiger partial charge in [-0.05, 0) is 24.6 Å². The third-order valence-corrected chi connectivity index (χ3v) is 2.65. The summed E-state index contributed by atoms with van der Waals surface area (Å²) < 4.78 is 9.45. The predicted molar refractivity (Wildman–Crippen MR) is 79.1 cm³/mol. The van der Waals surface area contributed by atoms with Gasteiger partial charge in [-0.1, -0.05) is 6.07 Å². The number of esters is 1. The van der Waals surface area contributed by atoms with Gasteiger partial charge in [0.15, 0.2) is 0 Å². The van der Waals surface area contributed by atoms with Crippen LogP contribution in [0, 0.1) is 10.1 Å². The maximum atomic E-state index is 11.1. The fourth-order valence-corrected chi connectivity index (χ4v) is 1.71. The Morgan fingerprint density at radius 3 is 2.76 bits per heavy atom. The fourth-order valence-electron chi connectivity index (χ4n) is 1.71. The number of benzene rings is 1. The summed E-state index contributed by atoms with van der Waals surface area (Å²) in [6.07, 6.45) is 2.67. The van der Waals surface area contributed by atoms with Crippen molar-refractivity contribution in [2.45, 2.75) is 13.0 Å². The van der Waals surface area contributed by atoms with E-state index in [0.717, 1.165) is 0 Å². The Balaban J connectivity index is 2.99. The van der Waals surface area contributed by atoms with E-state index >= 15 is 0 Å². The highest BCUT2D eigenvalue weighted by Gasteiger charge is 2.15. The highest BCUT2D eigenvalue weighted by atomic mass is 16.6. The number of carbonyl (C=O) groups is 1. The standard InChI is InChI=1S/C14H18N2O5/c1-10(9-20-2)15-12-6-4-11(5-7-14(17)21-3)8-13(12)16(18)19/h4-8,10,15H,9H2,1-3H3/b7-5-. The topological polar surface area (TPSA) is 90.7 Å². The van der Waals surface area contributed by atoms with Crippen LogP contribution in [-0.2, 0) is 14.3 Å². The summed E-state index contributed by atoms with van der Waals surface area (Å²) in [5.41, 5.74) is 0.877. The number of nitro groups is 1. The van der Waals surface area contributed by atoms with E-state index in [0.29, 0.717) is 17.9 Å². The van der Waals surface area contributed by atoms with Crippen LogP contribution in [0.2, 0.25) is 0 Å². The normalized spacial score (nSPS) is 12.1. The second-order valence-electron chi connectivity index (χ2n) is 4.39. The van der Waals surface area contributed by atoms with E-state index in [9.17, 15) is 14.9 Å². The lowest BCUT2D eigenvalue weighted by Crippen LogP contribution is -2.21. The van der Waals surface area contributed by atoms with Crippen molar-refractivity contribution in [3.63, 3.8) is 0 Å². The van der Waals surface area contributed by atoms with Gasteiger partial charge in [-0.15, -0.1) is 0 Å². The lowest BCUT2D eigenvalue weighted by atomic mass is 10.1. The maximum Gasteiger partial charge on any atom is 0.330 e. The summed E-state index contributed by atoms with van der Waals surface area (Å²) in [6, 6.07) is 4.60. The summed E-state index contributed by atoms with van der Waals surface area (Å²) in [7, 11) is 2.83. The van der Waals surface area contributed by atoms with Gasteiger partial charge in [0.25, 0.3) is 5.69 Å². The molecule has 0 radical (unpaired) electrons. The highest BCUT2D eigenvalue weighted by Crippen LogP contribution is 2.26. The van der Waals surface area contributed by atoms with Gasteiger partial charge in [0.1, 0.15) is 5.69 Å². The molecule has 0 saturated heterocycles. The molecule has 7 nitrogen and oxygen atoms in total. The van der Waals surface area contributed by atoms with Crippen molar-refractivity contribution in [2.75, 3.05) is 26.1 Å². The monoisotopic (exact) mass is 294 g/mol. The van der Waals surface area contributed by atoms with E-state index in [-0.39, 0.29) is 11.7 Å². The lowest BCUT2D eigenvalue weighted by molar-refractivity contribution is -0.384. The van der Waals surface area contributed by atoms with Gasteiger partial charge in [0, 0.05) is 25.3 Å². The molecule has 0 heterocycles. The molecular formula is C14H18N2O5. The smallest absolute Gasteiger partial charge is 0.330 e. The van der Waals surface area contributed by atoms with E-state index in [2.05, 4.69) is 10.1 Å². The molecule has 0 aliphatic heterocycles. The minimum atomic E-state index is -0.520. The number of rotatable bonds is 7. The third kappa shape index (κ3) is 5.23. The van der Waals surface area contributed by atoms with Crippen LogP contribution >= 0.6 is 0 Å². The molecule has 0 aliphatic rings. The van der Waals surface area contributed by atoms with Crippen LogP contribution in [0.25, 0.3) is 6.08 Å². The summed E-state index contributed by atoms with van der Waals surface area (Å²) >= 11 is 0. The van der Waals surface area contributed by atoms with Crippen molar-refractivity contribution in [3.05, 3.63) is 40.0 Å². The van der Waals surface area contributed by atoms with Crippen LogP contribution in [-0.4, -0.2) is 37.8 Å². The van der Waals surface area contributed by atoms with Gasteiger partial charge in [0.05, 0.1) is 18.6 Å². The van der Waals surface area contributed by atoms with Gasteiger partial charge in [-0.2, -0.15) is 0 Å². The zero-order chi connectivity index (χ0) is 15.8. The summed E-state index contributed by atoms with van der Waals surface area (Å²) in [5.74, 6) is -0.520. The van der Waals surface area contributed by atoms with Gasteiger partial charge >= 0.3 is 5.97 Å². The highest BCUT2D eigenvalue weighted by molar-refractivity contribution is 5.87. The molecular weight excluding hydrogens is 276 g/mol. The molecule has 21 heavy (non-hydrogen) atoms. The molecule has 0 saturated carbocycles. The molecule has 0 fully saturated rings. The van der Waals surface area contributed by atoms with Gasteiger partial charge in [-0.3, -0.25) is 10.1 Å². The minimum Gasteiger partial charge on any atom is -0.466 e. The van der Waals surface area contributed by atoms with Crippen molar-refractivity contribution in [1.29, 1.82) is 0 Å². The number of ether oxygens (including phenoxy) is 2. The molecule has 114 valence electrons. The Bertz CT molecular complexity index is 542. The molecule has 1 rings (SSSR count). The Hall–Kier alpha value is -2.41. The van der Waals surface area contributed by atoms with Crippen LogP contribution < -0.4 is 5.32 Å². The van der Waals surface area contributed by atoms with Crippen molar-refractivity contribution in [3.8, 4) is 0 Å². The quantitative estimate of drug-likeness (QED) is 0.359. The first kappa shape index (κ1) is 16.6. The zero-order valence-corrected chi connectivity index (χ0v) is 12.2. The average Bonchev–Trinajstić information content (AvgIpc) is 2.45. The summed E-state index contributed by atoms with van der Waals surface area (Å²) in [6.45, 7) is 2.29. The molecule has 1 aromatic carbocycles. The zero-order valence-electron chi connectivity index (χ0n) is 12.2. The molecule has 1 N–H and O–H groups in total. The number of hydrogen-bond acceptors (Lipinski definition) is 6. The maximum absolute atomic E-state index is 11.1. The Morgan fingerprint density at radius 1 is 1.48 bits per heavy atom. The lowest BCUT2D eigenvalue weighted by Gasteiger charge is -2.14. The van der Waals surface area contributed by atoms with Crippen LogP contribution in [0.3, 0.4) is 0 Å². The fraction of sp³-hybridized carbons (Fsp3) is 0.357. The Morgan fingerprint density at radius 2 is 2.19 bits per heavy atom. The second-order valence-corrected chi connectivity index (χ2v) is 4.39. The van der Waals surface area contributed by atoms with Crippen molar-refractivity contribution in [1.82, 2.24) is 0 Å². The molecule has 0 aliphatic carbocycles. The van der Waals surface area contributed by atoms with Crippen molar-refractivity contribution < 1.29 is 19.2 Å². The van der Waals surface area contributed by atoms with Crippen LogP contribution in [0.5, 0.6) is 0 Å². The molecule has 1 aromatic rings. The number of nitrogens with zero attached hydrogens (tertiary/aromatic N) is 1.